The van der Waals surface area contributed by atoms with Crippen LogP contribution in [0.15, 0.2) is 60.3 Å². The molecule has 0 atom stereocenters. The Balaban J connectivity index is 1.58. The molecule has 202 valence electrons. The van der Waals surface area contributed by atoms with E-state index in [4.69, 9.17) is 14.5 Å². The third-order valence-electron chi connectivity index (χ3n) is 6.88. The largest absolute Gasteiger partial charge is 0.444 e. The number of fused-ring (bicyclic) bond motifs is 2. The first kappa shape index (κ1) is 26.6. The highest BCUT2D eigenvalue weighted by Gasteiger charge is 2.35. The van der Waals surface area contributed by atoms with Crippen LogP contribution in [0.3, 0.4) is 0 Å². The number of amides is 2. The lowest BCUT2D eigenvalue weighted by atomic mass is 10.0. The summed E-state index contributed by atoms with van der Waals surface area (Å²) in [5.74, 6) is -0.480. The summed E-state index contributed by atoms with van der Waals surface area (Å²) in [5, 5.41) is 0.907. The molecule has 0 aliphatic carbocycles. The van der Waals surface area contributed by atoms with Gasteiger partial charge in [0.15, 0.2) is 0 Å². The number of Topliss-reactive ketones (excluding diaryl/α,β-unsaturated/α-hetero) is 1. The topological polar surface area (TPSA) is 89.0 Å². The second-order valence-corrected chi connectivity index (χ2v) is 10.9. The monoisotopic (exact) mass is 527 g/mol. The van der Waals surface area contributed by atoms with Gasteiger partial charge in [0.1, 0.15) is 5.60 Å². The van der Waals surface area contributed by atoms with Gasteiger partial charge in [-0.3, -0.25) is 14.5 Å². The summed E-state index contributed by atoms with van der Waals surface area (Å²) in [7, 11) is 0. The molecule has 3 heterocycles. The molecule has 8 nitrogen and oxygen atoms in total. The van der Waals surface area contributed by atoms with E-state index in [-0.39, 0.29) is 29.5 Å². The third-order valence-corrected chi connectivity index (χ3v) is 6.88. The van der Waals surface area contributed by atoms with Crippen molar-refractivity contribution in [3.63, 3.8) is 0 Å². The summed E-state index contributed by atoms with van der Waals surface area (Å²) in [6.45, 7) is 8.49. The Morgan fingerprint density at radius 3 is 2.51 bits per heavy atom. The van der Waals surface area contributed by atoms with Crippen molar-refractivity contribution in [1.82, 2.24) is 9.88 Å². The van der Waals surface area contributed by atoms with Crippen molar-refractivity contribution in [3.05, 3.63) is 77.1 Å². The molecule has 2 aliphatic rings. The van der Waals surface area contributed by atoms with Crippen molar-refractivity contribution in [2.75, 3.05) is 18.1 Å². The number of benzene rings is 2. The molecule has 39 heavy (non-hydrogen) atoms. The smallest absolute Gasteiger partial charge is 0.410 e. The number of carbonyl (C=O) groups is 3. The van der Waals surface area contributed by atoms with Gasteiger partial charge in [0.2, 0.25) is 11.7 Å². The number of allylic oxidation sites excluding steroid dienone is 1. The molecule has 2 aromatic carbocycles. The predicted molar refractivity (Wildman–Crippen MR) is 149 cm³/mol. The van der Waals surface area contributed by atoms with Crippen molar-refractivity contribution in [3.8, 4) is 0 Å². The number of ether oxygens (including phenoxy) is 2. The van der Waals surface area contributed by atoms with E-state index in [0.29, 0.717) is 36.7 Å². The zero-order valence-corrected chi connectivity index (χ0v) is 22.8. The molecule has 0 spiro atoms. The maximum absolute atomic E-state index is 13.4. The molecule has 0 N–H and O–H groups in total. The molecule has 0 saturated carbocycles. The number of carbonyl (C=O) groups excluding carboxylic acids is 3. The summed E-state index contributed by atoms with van der Waals surface area (Å²) in [6.07, 6.45) is 2.73. The van der Waals surface area contributed by atoms with Crippen molar-refractivity contribution in [2.45, 2.75) is 58.7 Å². The number of hydrogen-bond donors (Lipinski definition) is 0. The number of ketones is 1. The van der Waals surface area contributed by atoms with Gasteiger partial charge in [-0.15, -0.1) is 0 Å². The van der Waals surface area contributed by atoms with Crippen LogP contribution >= 0.6 is 0 Å². The van der Waals surface area contributed by atoms with Crippen LogP contribution in [0.1, 0.15) is 62.2 Å². The average Bonchev–Trinajstić information content (AvgIpc) is 3.18. The van der Waals surface area contributed by atoms with Crippen LogP contribution in [-0.4, -0.2) is 52.5 Å². The molecule has 0 unspecified atom stereocenters. The normalized spacial score (nSPS) is 17.0. The minimum absolute atomic E-state index is 0.0264. The van der Waals surface area contributed by atoms with Crippen molar-refractivity contribution >= 4 is 40.4 Å². The Hall–Kier alpha value is -4.04. The first-order chi connectivity index (χ1) is 18.6. The Bertz CT molecular complexity index is 1470. The molecular formula is C31H33N3O5. The van der Waals surface area contributed by atoms with Crippen molar-refractivity contribution < 1.29 is 23.9 Å². The van der Waals surface area contributed by atoms with Crippen molar-refractivity contribution in [1.29, 1.82) is 0 Å². The van der Waals surface area contributed by atoms with Gasteiger partial charge < -0.3 is 14.4 Å². The number of pyridine rings is 1. The van der Waals surface area contributed by atoms with Gasteiger partial charge in [-0.1, -0.05) is 30.3 Å². The highest BCUT2D eigenvalue weighted by Crippen LogP contribution is 2.36. The molecule has 0 radical (unpaired) electrons. The zero-order chi connectivity index (χ0) is 27.7. The van der Waals surface area contributed by atoms with Crippen LogP contribution < -0.4 is 4.90 Å². The van der Waals surface area contributed by atoms with Crippen LogP contribution in [0.2, 0.25) is 0 Å². The lowest BCUT2D eigenvalue weighted by Gasteiger charge is -2.35. The van der Waals surface area contributed by atoms with Gasteiger partial charge in [-0.05, 0) is 69.5 Å². The second kappa shape index (κ2) is 10.6. The molecule has 8 heteroatoms. The van der Waals surface area contributed by atoms with E-state index in [1.165, 1.54) is 11.8 Å². The quantitative estimate of drug-likeness (QED) is 0.402. The van der Waals surface area contributed by atoms with Crippen molar-refractivity contribution in [2.24, 2.45) is 0 Å². The first-order valence-corrected chi connectivity index (χ1v) is 13.2. The van der Waals surface area contributed by atoms with Gasteiger partial charge in [0, 0.05) is 37.1 Å². The molecule has 1 fully saturated rings. The van der Waals surface area contributed by atoms with Gasteiger partial charge >= 0.3 is 6.09 Å². The number of hydrogen-bond acceptors (Lipinski definition) is 6. The number of rotatable bonds is 4. The maximum atomic E-state index is 13.4. The standard InChI is InChI=1S/C31H33N3O5/c1-20(35)34-27-12-8-6-10-25(27)29(36)28(34)18-22-17-21(24-9-5-7-11-26(24)32-22)19-33(23-13-15-38-16-14-23)30(37)39-31(2,3)4/h5-12,17-18,23H,13-16,19H2,1-4H3/b28-18-. The fourth-order valence-electron chi connectivity index (χ4n) is 5.16. The highest BCUT2D eigenvalue weighted by atomic mass is 16.6. The third kappa shape index (κ3) is 5.56. The van der Waals surface area contributed by atoms with Crippen LogP contribution in [0.25, 0.3) is 17.0 Å². The molecule has 5 rings (SSSR count). The SMILES string of the molecule is CC(=O)N1/C(=C\c2cc(CN(C(=O)OC(C)(C)C)C3CCOCC3)c3ccccc3n2)C(=O)c2ccccc21. The fraction of sp³-hybridized carbons (Fsp3) is 0.355. The zero-order valence-electron chi connectivity index (χ0n) is 22.8. The number of aromatic nitrogens is 1. The molecule has 2 aliphatic heterocycles. The lowest BCUT2D eigenvalue weighted by Crippen LogP contribution is -2.45. The molecule has 2 amide bonds. The Morgan fingerprint density at radius 2 is 1.79 bits per heavy atom. The van der Waals surface area contributed by atoms with Crippen LogP contribution in [0.5, 0.6) is 0 Å². The van der Waals surface area contributed by atoms with E-state index in [1.54, 1.807) is 35.2 Å². The summed E-state index contributed by atoms with van der Waals surface area (Å²) in [5.41, 5.74) is 2.81. The van der Waals surface area contributed by atoms with Gasteiger partial charge in [0.25, 0.3) is 0 Å². The predicted octanol–water partition coefficient (Wildman–Crippen LogP) is 5.74. The van der Waals surface area contributed by atoms with Gasteiger partial charge in [-0.25, -0.2) is 9.78 Å². The van der Waals surface area contributed by atoms with E-state index >= 15 is 0 Å². The highest BCUT2D eigenvalue weighted by molar-refractivity contribution is 6.26. The Labute approximate surface area is 228 Å². The molecular weight excluding hydrogens is 494 g/mol. The average molecular weight is 528 g/mol. The van der Waals surface area contributed by atoms with E-state index in [2.05, 4.69) is 0 Å². The fourth-order valence-corrected chi connectivity index (χ4v) is 5.16. The number of anilines is 1. The lowest BCUT2D eigenvalue weighted by molar-refractivity contribution is -0.116. The number of para-hydroxylation sites is 2. The molecule has 3 aromatic rings. The van der Waals surface area contributed by atoms with Crippen LogP contribution in [0.4, 0.5) is 10.5 Å². The Morgan fingerprint density at radius 1 is 1.10 bits per heavy atom. The molecule has 0 bridgehead atoms. The summed E-state index contributed by atoms with van der Waals surface area (Å²) in [4.78, 5) is 47.3. The molecule has 1 aromatic heterocycles. The van der Waals surface area contributed by atoms with Gasteiger partial charge in [-0.2, -0.15) is 0 Å². The Kier molecular flexibility index (Phi) is 7.23. The van der Waals surface area contributed by atoms with Crippen LogP contribution in [0, 0.1) is 0 Å². The van der Waals surface area contributed by atoms with Crippen LogP contribution in [-0.2, 0) is 20.8 Å². The minimum atomic E-state index is -0.635. The van der Waals surface area contributed by atoms with E-state index in [9.17, 15) is 14.4 Å². The molecule has 1 saturated heterocycles. The van der Waals surface area contributed by atoms with Gasteiger partial charge in [0.05, 0.1) is 29.1 Å². The first-order valence-electron chi connectivity index (χ1n) is 13.2. The summed E-state index contributed by atoms with van der Waals surface area (Å²) in [6, 6.07) is 16.7. The minimum Gasteiger partial charge on any atom is -0.444 e. The summed E-state index contributed by atoms with van der Waals surface area (Å²) < 4.78 is 11.3. The van der Waals surface area contributed by atoms with E-state index in [0.717, 1.165) is 29.3 Å². The summed E-state index contributed by atoms with van der Waals surface area (Å²) >= 11 is 0. The van der Waals surface area contributed by atoms with E-state index in [1.807, 2.05) is 51.1 Å². The maximum Gasteiger partial charge on any atom is 0.410 e. The number of nitrogens with zero attached hydrogens (tertiary/aromatic N) is 3. The van der Waals surface area contributed by atoms with E-state index < -0.39 is 5.60 Å². The second-order valence-electron chi connectivity index (χ2n) is 10.9.